The van der Waals surface area contributed by atoms with Gasteiger partial charge in [-0.3, -0.25) is 4.79 Å². The number of carbonyl (C=O) groups is 1. The Balaban J connectivity index is 1.60. The van der Waals surface area contributed by atoms with E-state index in [0.29, 0.717) is 19.4 Å². The summed E-state index contributed by atoms with van der Waals surface area (Å²) in [5.74, 6) is 1.45. The second-order valence-electron chi connectivity index (χ2n) is 6.80. The van der Waals surface area contributed by atoms with Crippen LogP contribution in [0.3, 0.4) is 0 Å². The van der Waals surface area contributed by atoms with E-state index in [1.807, 2.05) is 13.1 Å². The van der Waals surface area contributed by atoms with Gasteiger partial charge >= 0.3 is 0 Å². The maximum atomic E-state index is 12.4. The minimum atomic E-state index is -1.17. The van der Waals surface area contributed by atoms with Gasteiger partial charge in [0.25, 0.3) is 5.91 Å². The summed E-state index contributed by atoms with van der Waals surface area (Å²) in [6, 6.07) is 2.13. The van der Waals surface area contributed by atoms with Crippen molar-refractivity contribution in [3.63, 3.8) is 0 Å². The van der Waals surface area contributed by atoms with Crippen molar-refractivity contribution < 1.29 is 9.90 Å². The Labute approximate surface area is 142 Å². The van der Waals surface area contributed by atoms with Gasteiger partial charge in [0.05, 0.1) is 0 Å². The van der Waals surface area contributed by atoms with Crippen LogP contribution in [0.1, 0.15) is 44.9 Å². The minimum absolute atomic E-state index is 0.209. The zero-order valence-electron chi connectivity index (χ0n) is 14.3. The number of aliphatic hydroxyl groups is 1. The van der Waals surface area contributed by atoms with Crippen molar-refractivity contribution in [1.29, 1.82) is 0 Å². The summed E-state index contributed by atoms with van der Waals surface area (Å²) in [6.07, 6.45) is 7.74. The van der Waals surface area contributed by atoms with Crippen LogP contribution in [0.5, 0.6) is 0 Å². The van der Waals surface area contributed by atoms with Crippen LogP contribution < -0.4 is 15.5 Å². The van der Waals surface area contributed by atoms with E-state index in [9.17, 15) is 9.90 Å². The van der Waals surface area contributed by atoms with E-state index in [1.54, 1.807) is 6.33 Å². The predicted octanol–water partition coefficient (Wildman–Crippen LogP) is 1.30. The highest BCUT2D eigenvalue weighted by Gasteiger charge is 2.37. The first-order chi connectivity index (χ1) is 11.6. The van der Waals surface area contributed by atoms with Crippen LogP contribution in [0.15, 0.2) is 12.4 Å². The minimum Gasteiger partial charge on any atom is -0.380 e. The summed E-state index contributed by atoms with van der Waals surface area (Å²) in [5.41, 5.74) is -1.17. The molecule has 1 saturated carbocycles. The zero-order chi connectivity index (χ0) is 17.0. The van der Waals surface area contributed by atoms with E-state index >= 15 is 0 Å². The highest BCUT2D eigenvalue weighted by molar-refractivity contribution is 5.85. The fourth-order valence-electron chi connectivity index (χ4n) is 3.73. The average Bonchev–Trinajstić information content (AvgIpc) is 3.09. The molecular formula is C17H27N5O2. The third kappa shape index (κ3) is 3.61. The molecule has 1 aliphatic carbocycles. The largest absolute Gasteiger partial charge is 0.380 e. The topological polar surface area (TPSA) is 90.4 Å². The highest BCUT2D eigenvalue weighted by Crippen LogP contribution is 2.29. The molecule has 1 aliphatic heterocycles. The fraction of sp³-hybridized carbons (Fsp3) is 0.706. The summed E-state index contributed by atoms with van der Waals surface area (Å²) in [7, 11) is 1.83. The Morgan fingerprint density at radius 2 is 2.12 bits per heavy atom. The SMILES string of the molecule is CNc1cc(N2CCC[C@@H]2CNC(=O)C2(O)CCCCC2)ncn1. The van der Waals surface area contributed by atoms with Crippen molar-refractivity contribution in [3.05, 3.63) is 12.4 Å². The van der Waals surface area contributed by atoms with Crippen LogP contribution in [-0.2, 0) is 4.79 Å². The van der Waals surface area contributed by atoms with Gasteiger partial charge in [0.15, 0.2) is 0 Å². The molecule has 3 rings (SSSR count). The lowest BCUT2D eigenvalue weighted by Crippen LogP contribution is -2.51. The van der Waals surface area contributed by atoms with Crippen molar-refractivity contribution in [1.82, 2.24) is 15.3 Å². The lowest BCUT2D eigenvalue weighted by Gasteiger charge is -2.32. The summed E-state index contributed by atoms with van der Waals surface area (Å²) >= 11 is 0. The molecule has 2 aliphatic rings. The number of hydrogen-bond donors (Lipinski definition) is 3. The van der Waals surface area contributed by atoms with Crippen molar-refractivity contribution in [2.24, 2.45) is 0 Å². The van der Waals surface area contributed by atoms with Gasteiger partial charge in [-0.25, -0.2) is 9.97 Å². The first kappa shape index (κ1) is 17.0. The first-order valence-corrected chi connectivity index (χ1v) is 8.89. The molecule has 2 heterocycles. The van der Waals surface area contributed by atoms with Gasteiger partial charge in [0.1, 0.15) is 23.6 Å². The summed E-state index contributed by atoms with van der Waals surface area (Å²) in [4.78, 5) is 23.1. The Bertz CT molecular complexity index is 574. The number of anilines is 2. The molecule has 1 saturated heterocycles. The van der Waals surface area contributed by atoms with E-state index < -0.39 is 5.60 Å². The molecule has 3 N–H and O–H groups in total. The van der Waals surface area contributed by atoms with Gasteiger partial charge in [-0.05, 0) is 25.7 Å². The van der Waals surface area contributed by atoms with E-state index in [4.69, 9.17) is 0 Å². The van der Waals surface area contributed by atoms with Crippen LogP contribution in [0.4, 0.5) is 11.6 Å². The van der Waals surface area contributed by atoms with E-state index in [2.05, 4.69) is 25.5 Å². The average molecular weight is 333 g/mol. The van der Waals surface area contributed by atoms with Crippen LogP contribution in [0, 0.1) is 0 Å². The van der Waals surface area contributed by atoms with Crippen LogP contribution >= 0.6 is 0 Å². The summed E-state index contributed by atoms with van der Waals surface area (Å²) < 4.78 is 0. The van der Waals surface area contributed by atoms with Gasteiger partial charge in [-0.1, -0.05) is 19.3 Å². The molecule has 0 aromatic carbocycles. The molecule has 1 aromatic heterocycles. The lowest BCUT2D eigenvalue weighted by atomic mass is 9.84. The van der Waals surface area contributed by atoms with Crippen molar-refractivity contribution in [2.75, 3.05) is 30.4 Å². The Kier molecular flexibility index (Phi) is 5.18. The molecule has 0 unspecified atom stereocenters. The first-order valence-electron chi connectivity index (χ1n) is 8.89. The van der Waals surface area contributed by atoms with Gasteiger partial charge in [0.2, 0.25) is 0 Å². The molecule has 0 spiro atoms. The molecule has 1 amide bonds. The molecule has 1 aromatic rings. The van der Waals surface area contributed by atoms with Gasteiger partial charge in [-0.15, -0.1) is 0 Å². The number of nitrogens with one attached hydrogen (secondary N) is 2. The molecular weight excluding hydrogens is 306 g/mol. The predicted molar refractivity (Wildman–Crippen MR) is 93.0 cm³/mol. The third-order valence-corrected chi connectivity index (χ3v) is 5.18. The van der Waals surface area contributed by atoms with Crippen LogP contribution in [0.2, 0.25) is 0 Å². The molecule has 7 nitrogen and oxygen atoms in total. The fourth-order valence-corrected chi connectivity index (χ4v) is 3.73. The maximum absolute atomic E-state index is 12.4. The monoisotopic (exact) mass is 333 g/mol. The zero-order valence-corrected chi connectivity index (χ0v) is 14.3. The summed E-state index contributed by atoms with van der Waals surface area (Å²) in [6.45, 7) is 1.46. The number of hydrogen-bond acceptors (Lipinski definition) is 6. The molecule has 0 bridgehead atoms. The normalized spacial score (nSPS) is 23.1. The quantitative estimate of drug-likeness (QED) is 0.752. The third-order valence-electron chi connectivity index (χ3n) is 5.18. The Morgan fingerprint density at radius 1 is 1.33 bits per heavy atom. The standard InChI is InChI=1S/C17H27N5O2/c1-18-14-10-15(21-12-20-14)22-9-5-6-13(22)11-19-16(23)17(24)7-3-2-4-8-17/h10,12-13,24H,2-9,11H2,1H3,(H,19,23)(H,18,20,21)/t13-/m1/s1. The van der Waals surface area contributed by atoms with E-state index in [0.717, 1.165) is 50.3 Å². The Morgan fingerprint density at radius 3 is 2.88 bits per heavy atom. The van der Waals surface area contributed by atoms with Crippen molar-refractivity contribution in [3.8, 4) is 0 Å². The van der Waals surface area contributed by atoms with Crippen LogP contribution in [0.25, 0.3) is 0 Å². The molecule has 2 fully saturated rings. The molecule has 0 radical (unpaired) electrons. The number of nitrogens with zero attached hydrogens (tertiary/aromatic N) is 3. The maximum Gasteiger partial charge on any atom is 0.252 e. The van der Waals surface area contributed by atoms with Gasteiger partial charge < -0.3 is 20.6 Å². The second kappa shape index (κ2) is 7.34. The number of carbonyl (C=O) groups excluding carboxylic acids is 1. The van der Waals surface area contributed by atoms with Gasteiger partial charge in [0, 0.05) is 32.2 Å². The molecule has 1 atom stereocenters. The van der Waals surface area contributed by atoms with Crippen molar-refractivity contribution >= 4 is 17.5 Å². The summed E-state index contributed by atoms with van der Waals surface area (Å²) in [5, 5.41) is 16.5. The number of amides is 1. The van der Waals surface area contributed by atoms with Gasteiger partial charge in [-0.2, -0.15) is 0 Å². The Hall–Kier alpha value is -1.89. The highest BCUT2D eigenvalue weighted by atomic mass is 16.3. The smallest absolute Gasteiger partial charge is 0.252 e. The molecule has 132 valence electrons. The number of rotatable bonds is 5. The van der Waals surface area contributed by atoms with Crippen molar-refractivity contribution in [2.45, 2.75) is 56.6 Å². The molecule has 24 heavy (non-hydrogen) atoms. The van der Waals surface area contributed by atoms with Crippen LogP contribution in [-0.4, -0.2) is 52.8 Å². The van der Waals surface area contributed by atoms with E-state index in [-0.39, 0.29) is 11.9 Å². The second-order valence-corrected chi connectivity index (χ2v) is 6.80. The van der Waals surface area contributed by atoms with E-state index in [1.165, 1.54) is 0 Å². The lowest BCUT2D eigenvalue weighted by molar-refractivity contribution is -0.143. The number of aromatic nitrogens is 2. The molecule has 7 heteroatoms.